The van der Waals surface area contributed by atoms with Crippen molar-refractivity contribution in [2.75, 3.05) is 0 Å². The predicted octanol–water partition coefficient (Wildman–Crippen LogP) is 3.75. The molecule has 138 valence electrons. The van der Waals surface area contributed by atoms with Crippen LogP contribution in [-0.2, 0) is 12.1 Å². The minimum atomic E-state index is -0.928. The number of fused-ring (bicyclic) bond motifs is 2. The van der Waals surface area contributed by atoms with Gasteiger partial charge in [-0.2, -0.15) is 0 Å². The minimum absolute atomic E-state index is 0.284. The van der Waals surface area contributed by atoms with Crippen molar-refractivity contribution >= 4 is 0 Å². The average molecular weight is 355 g/mol. The number of halogens is 1. The second-order valence-electron chi connectivity index (χ2n) is 8.11. The van der Waals surface area contributed by atoms with Gasteiger partial charge in [0.2, 0.25) is 0 Å². The van der Waals surface area contributed by atoms with Gasteiger partial charge in [-0.15, -0.1) is 0 Å². The third-order valence-electron chi connectivity index (χ3n) is 5.89. The predicted molar refractivity (Wildman–Crippen MR) is 98.0 cm³/mol. The Morgan fingerprint density at radius 3 is 2.42 bits per heavy atom. The first-order valence-electron chi connectivity index (χ1n) is 9.49. The summed E-state index contributed by atoms with van der Waals surface area (Å²) >= 11 is 0. The van der Waals surface area contributed by atoms with Gasteiger partial charge < -0.3 is 5.11 Å². The van der Waals surface area contributed by atoms with Crippen molar-refractivity contribution in [1.82, 2.24) is 14.9 Å². The van der Waals surface area contributed by atoms with Crippen LogP contribution in [0.4, 0.5) is 4.39 Å². The molecule has 2 unspecified atom stereocenters. The van der Waals surface area contributed by atoms with Crippen LogP contribution in [-0.4, -0.2) is 32.1 Å². The highest BCUT2D eigenvalue weighted by Crippen LogP contribution is 2.46. The van der Waals surface area contributed by atoms with Crippen LogP contribution in [0.2, 0.25) is 0 Å². The number of hydrogen-bond donors (Lipinski definition) is 1. The molecule has 2 aliphatic rings. The summed E-state index contributed by atoms with van der Waals surface area (Å²) in [5.74, 6) is 0.917. The first-order chi connectivity index (χ1) is 12.4. The lowest BCUT2D eigenvalue weighted by Crippen LogP contribution is -2.49. The second-order valence-corrected chi connectivity index (χ2v) is 8.11. The van der Waals surface area contributed by atoms with Gasteiger partial charge in [-0.25, -0.2) is 14.4 Å². The molecule has 3 heterocycles. The van der Waals surface area contributed by atoms with Gasteiger partial charge in [-0.05, 0) is 43.4 Å². The smallest absolute Gasteiger partial charge is 0.130 e. The van der Waals surface area contributed by atoms with E-state index in [2.05, 4.69) is 28.7 Å². The topological polar surface area (TPSA) is 49.2 Å². The largest absolute Gasteiger partial charge is 0.385 e. The molecule has 4 rings (SSSR count). The van der Waals surface area contributed by atoms with Gasteiger partial charge in [0.1, 0.15) is 11.6 Å². The van der Waals surface area contributed by atoms with Crippen LogP contribution in [0.5, 0.6) is 0 Å². The van der Waals surface area contributed by atoms with Gasteiger partial charge in [0.15, 0.2) is 0 Å². The molecule has 0 amide bonds. The molecular weight excluding hydrogens is 329 g/mol. The highest BCUT2D eigenvalue weighted by molar-refractivity contribution is 5.26. The van der Waals surface area contributed by atoms with Gasteiger partial charge in [-0.1, -0.05) is 26.0 Å². The zero-order valence-electron chi connectivity index (χ0n) is 15.4. The summed E-state index contributed by atoms with van der Waals surface area (Å²) in [6.07, 6.45) is 7.31. The van der Waals surface area contributed by atoms with Gasteiger partial charge in [0.25, 0.3) is 0 Å². The van der Waals surface area contributed by atoms with Gasteiger partial charge in [-0.3, -0.25) is 4.90 Å². The van der Waals surface area contributed by atoms with E-state index in [-0.39, 0.29) is 5.82 Å². The maximum Gasteiger partial charge on any atom is 0.130 e. The van der Waals surface area contributed by atoms with E-state index >= 15 is 0 Å². The number of piperidine rings is 1. The lowest BCUT2D eigenvalue weighted by atomic mass is 9.80. The molecule has 2 atom stereocenters. The monoisotopic (exact) mass is 355 g/mol. The summed E-state index contributed by atoms with van der Waals surface area (Å²) in [5.41, 5.74) is 0.892. The maximum absolute atomic E-state index is 13.6. The van der Waals surface area contributed by atoms with Crippen molar-refractivity contribution in [3.63, 3.8) is 0 Å². The zero-order chi connectivity index (χ0) is 18.3. The third kappa shape index (κ3) is 3.26. The van der Waals surface area contributed by atoms with Crippen LogP contribution < -0.4 is 0 Å². The van der Waals surface area contributed by atoms with Crippen molar-refractivity contribution in [2.24, 2.45) is 0 Å². The fourth-order valence-electron chi connectivity index (χ4n) is 4.54. The Morgan fingerprint density at radius 2 is 1.85 bits per heavy atom. The number of benzene rings is 1. The van der Waals surface area contributed by atoms with E-state index in [1.54, 1.807) is 6.07 Å². The van der Waals surface area contributed by atoms with E-state index in [1.165, 1.54) is 12.1 Å². The van der Waals surface area contributed by atoms with Crippen LogP contribution in [0.15, 0.2) is 36.7 Å². The Morgan fingerprint density at radius 1 is 1.19 bits per heavy atom. The molecule has 1 aromatic heterocycles. The first-order valence-corrected chi connectivity index (χ1v) is 9.49. The molecule has 1 aromatic carbocycles. The number of aliphatic hydroxyl groups is 1. The standard InChI is InChI=1S/C21H26FN3O/c1-14(2)20-23-11-15(12-24-20)13-25-18-6-7-19(25)10-21(26,9-18)16-4-3-5-17(22)8-16/h3-5,8,11-12,14,18-19,26H,6-7,9-10,13H2,1-2H3. The zero-order valence-corrected chi connectivity index (χ0v) is 15.4. The van der Waals surface area contributed by atoms with Crippen LogP contribution in [0, 0.1) is 5.82 Å². The van der Waals surface area contributed by atoms with Crippen LogP contribution in [0.3, 0.4) is 0 Å². The van der Waals surface area contributed by atoms with Crippen molar-refractivity contribution < 1.29 is 9.50 Å². The van der Waals surface area contributed by atoms with Crippen LogP contribution in [0.1, 0.15) is 62.4 Å². The lowest BCUT2D eigenvalue weighted by Gasteiger charge is -2.44. The average Bonchev–Trinajstić information content (AvgIpc) is 2.86. The van der Waals surface area contributed by atoms with Gasteiger partial charge >= 0.3 is 0 Å². The van der Waals surface area contributed by atoms with E-state index in [0.717, 1.165) is 30.8 Å². The van der Waals surface area contributed by atoms with E-state index in [1.807, 2.05) is 18.5 Å². The number of nitrogens with zero attached hydrogens (tertiary/aromatic N) is 3. The SMILES string of the molecule is CC(C)c1ncc(CN2C3CCC2CC(O)(c2cccc(F)c2)C3)cn1. The van der Waals surface area contributed by atoms with Crippen molar-refractivity contribution in [3.05, 3.63) is 59.4 Å². The molecule has 0 radical (unpaired) electrons. The minimum Gasteiger partial charge on any atom is -0.385 e. The molecule has 2 aromatic rings. The molecule has 5 heteroatoms. The summed E-state index contributed by atoms with van der Waals surface area (Å²) in [5, 5.41) is 11.2. The summed E-state index contributed by atoms with van der Waals surface area (Å²) in [6, 6.07) is 7.06. The van der Waals surface area contributed by atoms with E-state index in [0.29, 0.717) is 36.4 Å². The normalized spacial score (nSPS) is 28.7. The number of rotatable bonds is 4. The molecule has 2 fully saturated rings. The second kappa shape index (κ2) is 6.71. The summed E-state index contributed by atoms with van der Waals surface area (Å²) in [7, 11) is 0. The Bertz CT molecular complexity index is 763. The third-order valence-corrected chi connectivity index (χ3v) is 5.89. The lowest BCUT2D eigenvalue weighted by molar-refractivity contribution is -0.0597. The highest BCUT2D eigenvalue weighted by atomic mass is 19.1. The Labute approximate surface area is 154 Å². The Balaban J connectivity index is 1.50. The van der Waals surface area contributed by atoms with Crippen LogP contribution >= 0.6 is 0 Å². The fraction of sp³-hybridized carbons (Fsp3) is 0.524. The van der Waals surface area contributed by atoms with E-state index in [9.17, 15) is 9.50 Å². The van der Waals surface area contributed by atoms with Gasteiger partial charge in [0.05, 0.1) is 5.60 Å². The van der Waals surface area contributed by atoms with E-state index < -0.39 is 5.60 Å². The maximum atomic E-state index is 13.6. The number of hydrogen-bond acceptors (Lipinski definition) is 4. The van der Waals surface area contributed by atoms with Crippen molar-refractivity contribution in [1.29, 1.82) is 0 Å². The van der Waals surface area contributed by atoms with Gasteiger partial charge in [0, 0.05) is 42.5 Å². The molecule has 0 saturated carbocycles. The van der Waals surface area contributed by atoms with Crippen molar-refractivity contribution in [3.8, 4) is 0 Å². The molecule has 4 nitrogen and oxygen atoms in total. The summed E-state index contributed by atoms with van der Waals surface area (Å²) in [4.78, 5) is 11.4. The Kier molecular flexibility index (Phi) is 4.53. The Hall–Kier alpha value is -1.85. The number of aromatic nitrogens is 2. The molecule has 2 aliphatic heterocycles. The first kappa shape index (κ1) is 17.6. The molecule has 0 aliphatic carbocycles. The highest BCUT2D eigenvalue weighted by Gasteiger charge is 2.48. The summed E-state index contributed by atoms with van der Waals surface area (Å²) < 4.78 is 13.6. The van der Waals surface area contributed by atoms with Crippen molar-refractivity contribution in [2.45, 2.75) is 69.7 Å². The summed E-state index contributed by atoms with van der Waals surface area (Å²) in [6.45, 7) is 4.99. The molecule has 0 spiro atoms. The molecule has 1 N–H and O–H groups in total. The molecular formula is C21H26FN3O. The molecule has 2 bridgehead atoms. The fourth-order valence-corrected chi connectivity index (χ4v) is 4.54. The van der Waals surface area contributed by atoms with Crippen LogP contribution in [0.25, 0.3) is 0 Å². The molecule has 26 heavy (non-hydrogen) atoms. The quantitative estimate of drug-likeness (QED) is 0.907. The van der Waals surface area contributed by atoms with E-state index in [4.69, 9.17) is 0 Å². The molecule has 2 saturated heterocycles.